The number of rotatable bonds is 6. The molecule has 1 heterocycles. The van der Waals surface area contributed by atoms with E-state index in [1.807, 2.05) is 13.8 Å². The summed E-state index contributed by atoms with van der Waals surface area (Å²) in [7, 11) is 1.57. The van der Waals surface area contributed by atoms with Gasteiger partial charge in [0.25, 0.3) is 9.05 Å². The van der Waals surface area contributed by atoms with Gasteiger partial charge in [0.15, 0.2) is 0 Å². The van der Waals surface area contributed by atoms with E-state index >= 15 is 0 Å². The zero-order chi connectivity index (χ0) is 12.2. The van der Waals surface area contributed by atoms with E-state index in [4.69, 9.17) is 15.4 Å². The first-order valence-corrected chi connectivity index (χ1v) is 7.38. The molecule has 0 spiro atoms. The van der Waals surface area contributed by atoms with Gasteiger partial charge in [0.1, 0.15) is 4.90 Å². The van der Waals surface area contributed by atoms with Gasteiger partial charge in [-0.05, 0) is 13.3 Å². The molecule has 0 radical (unpaired) electrons. The van der Waals surface area contributed by atoms with Crippen molar-refractivity contribution in [2.24, 2.45) is 0 Å². The van der Waals surface area contributed by atoms with Crippen molar-refractivity contribution in [3.05, 3.63) is 11.9 Å². The Morgan fingerprint density at radius 2 is 2.19 bits per heavy atom. The van der Waals surface area contributed by atoms with Crippen molar-refractivity contribution < 1.29 is 13.2 Å². The molecule has 0 fully saturated rings. The molecule has 0 aromatic carbocycles. The van der Waals surface area contributed by atoms with E-state index in [0.717, 1.165) is 6.42 Å². The minimum atomic E-state index is -3.75. The molecule has 16 heavy (non-hydrogen) atoms. The Morgan fingerprint density at radius 3 is 2.69 bits per heavy atom. The number of ether oxygens (including phenoxy) is 1. The van der Waals surface area contributed by atoms with Crippen LogP contribution in [0, 0.1) is 0 Å². The average Bonchev–Trinajstić information content (AvgIpc) is 2.58. The molecule has 1 aromatic heterocycles. The van der Waals surface area contributed by atoms with Gasteiger partial charge >= 0.3 is 0 Å². The lowest BCUT2D eigenvalue weighted by molar-refractivity contribution is 0.125. The molecule has 0 saturated heterocycles. The van der Waals surface area contributed by atoms with Gasteiger partial charge in [-0.25, -0.2) is 8.42 Å². The van der Waals surface area contributed by atoms with Crippen molar-refractivity contribution >= 4 is 19.7 Å². The second kappa shape index (κ2) is 5.65. The summed E-state index contributed by atoms with van der Waals surface area (Å²) in [5, 5.41) is 4.00. The maximum atomic E-state index is 11.3. The maximum absolute atomic E-state index is 11.3. The smallest absolute Gasteiger partial charge is 0.264 e. The largest absolute Gasteiger partial charge is 0.375 e. The van der Waals surface area contributed by atoms with E-state index in [0.29, 0.717) is 18.8 Å². The standard InChI is InChI=1S/C9H15ClN2O3S/c1-3-5-12-8(7-15-4-2)9(6-11-12)16(10,13)14/h6H,3-5,7H2,1-2H3. The molecule has 5 nitrogen and oxygen atoms in total. The van der Waals surface area contributed by atoms with Gasteiger partial charge in [0, 0.05) is 23.8 Å². The zero-order valence-electron chi connectivity index (χ0n) is 9.31. The first kappa shape index (κ1) is 13.5. The predicted octanol–water partition coefficient (Wildman–Crippen LogP) is 1.76. The molecule has 1 aromatic rings. The monoisotopic (exact) mass is 266 g/mol. The topological polar surface area (TPSA) is 61.2 Å². The molecule has 0 bridgehead atoms. The van der Waals surface area contributed by atoms with Crippen molar-refractivity contribution in [1.29, 1.82) is 0 Å². The Balaban J connectivity index is 3.09. The number of hydrogen-bond donors (Lipinski definition) is 0. The lowest BCUT2D eigenvalue weighted by Crippen LogP contribution is -2.08. The van der Waals surface area contributed by atoms with Gasteiger partial charge in [0.05, 0.1) is 18.5 Å². The number of aromatic nitrogens is 2. The third-order valence-corrected chi connectivity index (χ3v) is 3.42. The van der Waals surface area contributed by atoms with E-state index in [-0.39, 0.29) is 11.5 Å². The molecule has 7 heteroatoms. The molecule has 0 aliphatic heterocycles. The Kier molecular flexibility index (Phi) is 4.76. The first-order chi connectivity index (χ1) is 7.50. The van der Waals surface area contributed by atoms with Crippen LogP contribution in [0.2, 0.25) is 0 Å². The predicted molar refractivity (Wildman–Crippen MR) is 60.9 cm³/mol. The molecule has 0 N–H and O–H groups in total. The SMILES string of the molecule is CCCn1ncc(S(=O)(=O)Cl)c1COCC. The summed E-state index contributed by atoms with van der Waals surface area (Å²) < 4.78 is 29.4. The Morgan fingerprint density at radius 1 is 1.50 bits per heavy atom. The summed E-state index contributed by atoms with van der Waals surface area (Å²) in [5.74, 6) is 0. The molecule has 0 aliphatic rings. The highest BCUT2D eigenvalue weighted by molar-refractivity contribution is 8.13. The van der Waals surface area contributed by atoms with Gasteiger partial charge in [-0.2, -0.15) is 5.10 Å². The van der Waals surface area contributed by atoms with Crippen LogP contribution in [0.4, 0.5) is 0 Å². The number of halogens is 1. The molecular formula is C9H15ClN2O3S. The average molecular weight is 267 g/mol. The van der Waals surface area contributed by atoms with Crippen LogP contribution in [0.25, 0.3) is 0 Å². The highest BCUT2D eigenvalue weighted by Gasteiger charge is 2.20. The molecule has 0 amide bonds. The molecule has 0 unspecified atom stereocenters. The Hall–Kier alpha value is -0.590. The van der Waals surface area contributed by atoms with E-state index in [1.54, 1.807) is 4.68 Å². The maximum Gasteiger partial charge on any atom is 0.264 e. The lowest BCUT2D eigenvalue weighted by Gasteiger charge is -2.07. The summed E-state index contributed by atoms with van der Waals surface area (Å²) in [6.45, 7) is 5.20. The second-order valence-corrected chi connectivity index (χ2v) is 5.79. The van der Waals surface area contributed by atoms with Crippen LogP contribution in [0.3, 0.4) is 0 Å². The van der Waals surface area contributed by atoms with Gasteiger partial charge in [0.2, 0.25) is 0 Å². The summed E-state index contributed by atoms with van der Waals surface area (Å²) in [6.07, 6.45) is 2.13. The Labute approximate surface area is 99.8 Å². The normalized spacial score (nSPS) is 11.9. The fraction of sp³-hybridized carbons (Fsp3) is 0.667. The van der Waals surface area contributed by atoms with Crippen LogP contribution < -0.4 is 0 Å². The van der Waals surface area contributed by atoms with Gasteiger partial charge in [-0.1, -0.05) is 6.92 Å². The van der Waals surface area contributed by atoms with Crippen molar-refractivity contribution in [3.63, 3.8) is 0 Å². The molecule has 0 atom stereocenters. The van der Waals surface area contributed by atoms with E-state index in [9.17, 15) is 8.42 Å². The minimum Gasteiger partial charge on any atom is -0.375 e. The van der Waals surface area contributed by atoms with Gasteiger partial charge in [-0.3, -0.25) is 4.68 Å². The van der Waals surface area contributed by atoms with Crippen molar-refractivity contribution in [3.8, 4) is 0 Å². The summed E-state index contributed by atoms with van der Waals surface area (Å²) in [4.78, 5) is 0.0380. The molecule has 92 valence electrons. The van der Waals surface area contributed by atoms with Crippen LogP contribution in [0.15, 0.2) is 11.1 Å². The van der Waals surface area contributed by atoms with Crippen molar-refractivity contribution in [2.75, 3.05) is 6.61 Å². The quantitative estimate of drug-likeness (QED) is 0.736. The van der Waals surface area contributed by atoms with E-state index < -0.39 is 9.05 Å². The summed E-state index contributed by atoms with van der Waals surface area (Å²) in [6, 6.07) is 0. The van der Waals surface area contributed by atoms with E-state index in [1.165, 1.54) is 6.20 Å². The summed E-state index contributed by atoms with van der Waals surface area (Å²) in [5.41, 5.74) is 0.513. The Bertz CT molecular complexity index is 442. The highest BCUT2D eigenvalue weighted by atomic mass is 35.7. The van der Waals surface area contributed by atoms with Crippen LogP contribution in [0.5, 0.6) is 0 Å². The van der Waals surface area contributed by atoms with Crippen LogP contribution in [-0.2, 0) is 26.9 Å². The van der Waals surface area contributed by atoms with Crippen LogP contribution in [-0.4, -0.2) is 24.8 Å². The molecule has 1 rings (SSSR count). The van der Waals surface area contributed by atoms with Crippen molar-refractivity contribution in [1.82, 2.24) is 9.78 Å². The highest BCUT2D eigenvalue weighted by Crippen LogP contribution is 2.20. The van der Waals surface area contributed by atoms with Crippen molar-refractivity contribution in [2.45, 2.75) is 38.3 Å². The van der Waals surface area contributed by atoms with Crippen LogP contribution in [0.1, 0.15) is 26.0 Å². The molecule has 0 saturated carbocycles. The third kappa shape index (κ3) is 3.20. The zero-order valence-corrected chi connectivity index (χ0v) is 10.9. The lowest BCUT2D eigenvalue weighted by atomic mass is 10.4. The molecular weight excluding hydrogens is 252 g/mol. The van der Waals surface area contributed by atoms with Gasteiger partial charge in [-0.15, -0.1) is 0 Å². The molecule has 0 aliphatic carbocycles. The number of nitrogens with zero attached hydrogens (tertiary/aromatic N) is 2. The second-order valence-electron chi connectivity index (χ2n) is 3.25. The summed E-state index contributed by atoms with van der Waals surface area (Å²) >= 11 is 0. The fourth-order valence-electron chi connectivity index (χ4n) is 1.35. The fourth-order valence-corrected chi connectivity index (χ4v) is 2.35. The van der Waals surface area contributed by atoms with Gasteiger partial charge < -0.3 is 4.74 Å². The van der Waals surface area contributed by atoms with Crippen LogP contribution >= 0.6 is 10.7 Å². The minimum absolute atomic E-state index is 0.0380. The number of hydrogen-bond acceptors (Lipinski definition) is 4. The number of aryl methyl sites for hydroxylation is 1. The third-order valence-electron chi connectivity index (χ3n) is 2.05. The first-order valence-electron chi connectivity index (χ1n) is 5.07. The van der Waals surface area contributed by atoms with E-state index in [2.05, 4.69) is 5.10 Å².